The van der Waals surface area contributed by atoms with E-state index >= 15 is 0 Å². The van der Waals surface area contributed by atoms with Crippen LogP contribution >= 0.6 is 0 Å². The summed E-state index contributed by atoms with van der Waals surface area (Å²) in [5.41, 5.74) is 8.10. The number of likely N-dealkylation sites (tertiary alicyclic amines) is 1. The van der Waals surface area contributed by atoms with Gasteiger partial charge in [-0.25, -0.2) is 9.97 Å². The molecule has 0 amide bonds. The molecule has 26 heavy (non-hydrogen) atoms. The molecule has 1 saturated heterocycles. The standard InChI is InChI=1S/C19H26N6O/c1-14(26)15-6-5-7-16(12-15)24-19-17(20)18(22-13-23-19)21-8-11-25-9-3-2-4-10-25/h5-7,12-13H,2-4,8-11,20H2,1H3,(H2,21,22,23,24). The topological polar surface area (TPSA) is 96.2 Å². The van der Waals surface area contributed by atoms with Crippen molar-refractivity contribution in [2.45, 2.75) is 26.2 Å². The molecule has 7 heteroatoms. The second-order valence-corrected chi connectivity index (χ2v) is 6.58. The van der Waals surface area contributed by atoms with Gasteiger partial charge in [0.15, 0.2) is 17.4 Å². The van der Waals surface area contributed by atoms with Gasteiger partial charge in [0, 0.05) is 24.3 Å². The van der Waals surface area contributed by atoms with E-state index in [4.69, 9.17) is 5.73 Å². The summed E-state index contributed by atoms with van der Waals surface area (Å²) >= 11 is 0. The lowest BCUT2D eigenvalue weighted by Crippen LogP contribution is -2.33. The first-order chi connectivity index (χ1) is 12.6. The molecule has 2 aromatic rings. The van der Waals surface area contributed by atoms with Crippen LogP contribution in [0.2, 0.25) is 0 Å². The van der Waals surface area contributed by atoms with Crippen LogP contribution in [-0.4, -0.2) is 46.8 Å². The molecule has 1 aromatic carbocycles. The highest BCUT2D eigenvalue weighted by Crippen LogP contribution is 2.26. The molecule has 7 nitrogen and oxygen atoms in total. The Kier molecular flexibility index (Phi) is 6.01. The van der Waals surface area contributed by atoms with Gasteiger partial charge in [-0.2, -0.15) is 0 Å². The number of nitrogens with one attached hydrogen (secondary N) is 2. The lowest BCUT2D eigenvalue weighted by atomic mass is 10.1. The number of hydrogen-bond donors (Lipinski definition) is 3. The predicted octanol–water partition coefficient (Wildman–Crippen LogP) is 2.90. The van der Waals surface area contributed by atoms with E-state index in [9.17, 15) is 4.79 Å². The van der Waals surface area contributed by atoms with Gasteiger partial charge in [-0.05, 0) is 45.0 Å². The number of ketones is 1. The minimum Gasteiger partial charge on any atom is -0.393 e. The van der Waals surface area contributed by atoms with Gasteiger partial charge in [-0.1, -0.05) is 18.6 Å². The lowest BCUT2D eigenvalue weighted by Gasteiger charge is -2.26. The van der Waals surface area contributed by atoms with Crippen LogP contribution in [0.4, 0.5) is 23.0 Å². The van der Waals surface area contributed by atoms with Crippen molar-refractivity contribution in [3.05, 3.63) is 36.2 Å². The third kappa shape index (κ3) is 4.70. The molecule has 0 aliphatic carbocycles. The summed E-state index contributed by atoms with van der Waals surface area (Å²) in [6.07, 6.45) is 5.38. The molecule has 0 saturated carbocycles. The Morgan fingerprint density at radius 2 is 1.96 bits per heavy atom. The molecule has 0 spiro atoms. The van der Waals surface area contributed by atoms with Gasteiger partial charge in [0.1, 0.15) is 12.0 Å². The number of nitrogen functional groups attached to an aromatic ring is 1. The van der Waals surface area contributed by atoms with Crippen LogP contribution in [0.15, 0.2) is 30.6 Å². The lowest BCUT2D eigenvalue weighted by molar-refractivity contribution is 0.101. The first-order valence-corrected chi connectivity index (χ1v) is 9.08. The maximum atomic E-state index is 11.5. The number of carbonyl (C=O) groups excluding carboxylic acids is 1. The average molecular weight is 354 g/mol. The molecule has 4 N–H and O–H groups in total. The normalized spacial score (nSPS) is 14.8. The van der Waals surface area contributed by atoms with Crippen molar-refractivity contribution in [2.75, 3.05) is 42.5 Å². The number of aromatic nitrogens is 2. The zero-order chi connectivity index (χ0) is 18.4. The number of rotatable bonds is 7. The van der Waals surface area contributed by atoms with E-state index < -0.39 is 0 Å². The number of nitrogens with zero attached hydrogens (tertiary/aromatic N) is 3. The van der Waals surface area contributed by atoms with Gasteiger partial charge in [0.2, 0.25) is 0 Å². The number of anilines is 4. The van der Waals surface area contributed by atoms with Gasteiger partial charge >= 0.3 is 0 Å². The molecule has 2 heterocycles. The Hall–Kier alpha value is -2.67. The maximum absolute atomic E-state index is 11.5. The van der Waals surface area contributed by atoms with Crippen molar-refractivity contribution in [1.82, 2.24) is 14.9 Å². The van der Waals surface area contributed by atoms with Crippen LogP contribution in [0.25, 0.3) is 0 Å². The second kappa shape index (κ2) is 8.62. The number of nitrogens with two attached hydrogens (primary N) is 1. The molecule has 0 radical (unpaired) electrons. The molecular formula is C19H26N6O. The fourth-order valence-electron chi connectivity index (χ4n) is 3.10. The monoisotopic (exact) mass is 354 g/mol. The van der Waals surface area contributed by atoms with Crippen LogP contribution in [0.3, 0.4) is 0 Å². The number of hydrogen-bond acceptors (Lipinski definition) is 7. The van der Waals surface area contributed by atoms with Crippen molar-refractivity contribution in [3.8, 4) is 0 Å². The number of Topliss-reactive ketones (excluding diaryl/α,β-unsaturated/α-hetero) is 1. The highest BCUT2D eigenvalue weighted by molar-refractivity contribution is 5.95. The Morgan fingerprint density at radius 1 is 1.19 bits per heavy atom. The SMILES string of the molecule is CC(=O)c1cccc(Nc2ncnc(NCCN3CCCCC3)c2N)c1. The molecule has 1 aliphatic rings. The highest BCUT2D eigenvalue weighted by Gasteiger charge is 2.11. The Morgan fingerprint density at radius 3 is 2.73 bits per heavy atom. The van der Waals surface area contributed by atoms with E-state index in [0.29, 0.717) is 22.9 Å². The van der Waals surface area contributed by atoms with Crippen molar-refractivity contribution < 1.29 is 4.79 Å². The number of carbonyl (C=O) groups is 1. The zero-order valence-corrected chi connectivity index (χ0v) is 15.2. The number of benzene rings is 1. The minimum atomic E-state index is 0.0179. The third-order valence-corrected chi connectivity index (χ3v) is 4.58. The summed E-state index contributed by atoms with van der Waals surface area (Å²) in [4.78, 5) is 22.5. The smallest absolute Gasteiger partial charge is 0.159 e. The molecule has 1 aliphatic heterocycles. The van der Waals surface area contributed by atoms with Crippen molar-refractivity contribution in [2.24, 2.45) is 0 Å². The molecule has 138 valence electrons. The van der Waals surface area contributed by atoms with Crippen LogP contribution in [-0.2, 0) is 0 Å². The maximum Gasteiger partial charge on any atom is 0.159 e. The van der Waals surface area contributed by atoms with E-state index in [-0.39, 0.29) is 5.78 Å². The van der Waals surface area contributed by atoms with E-state index in [1.807, 2.05) is 12.1 Å². The molecular weight excluding hydrogens is 328 g/mol. The van der Waals surface area contributed by atoms with Gasteiger partial charge < -0.3 is 21.3 Å². The molecule has 0 unspecified atom stereocenters. The highest BCUT2D eigenvalue weighted by atomic mass is 16.1. The summed E-state index contributed by atoms with van der Waals surface area (Å²) in [7, 11) is 0. The van der Waals surface area contributed by atoms with Crippen molar-refractivity contribution in [3.63, 3.8) is 0 Å². The first kappa shape index (κ1) is 18.1. The van der Waals surface area contributed by atoms with E-state index in [2.05, 4.69) is 25.5 Å². The van der Waals surface area contributed by atoms with E-state index in [0.717, 1.165) is 18.8 Å². The summed E-state index contributed by atoms with van der Waals surface area (Å²) in [6.45, 7) is 5.65. The summed E-state index contributed by atoms with van der Waals surface area (Å²) < 4.78 is 0. The van der Waals surface area contributed by atoms with Crippen LogP contribution in [0.1, 0.15) is 36.5 Å². The fraction of sp³-hybridized carbons (Fsp3) is 0.421. The zero-order valence-electron chi connectivity index (χ0n) is 15.2. The molecule has 1 aromatic heterocycles. The third-order valence-electron chi connectivity index (χ3n) is 4.58. The van der Waals surface area contributed by atoms with Crippen LogP contribution in [0.5, 0.6) is 0 Å². The predicted molar refractivity (Wildman–Crippen MR) is 105 cm³/mol. The Balaban J connectivity index is 1.63. The van der Waals surface area contributed by atoms with E-state index in [1.54, 1.807) is 19.1 Å². The van der Waals surface area contributed by atoms with Gasteiger partial charge in [-0.3, -0.25) is 4.79 Å². The van der Waals surface area contributed by atoms with Crippen LogP contribution in [0, 0.1) is 0 Å². The summed E-state index contributed by atoms with van der Waals surface area (Å²) in [5.74, 6) is 1.17. The summed E-state index contributed by atoms with van der Waals surface area (Å²) in [5, 5.41) is 6.47. The van der Waals surface area contributed by atoms with Crippen LogP contribution < -0.4 is 16.4 Å². The molecule has 0 atom stereocenters. The molecule has 3 rings (SSSR count). The second-order valence-electron chi connectivity index (χ2n) is 6.58. The van der Waals surface area contributed by atoms with Crippen molar-refractivity contribution in [1.29, 1.82) is 0 Å². The largest absolute Gasteiger partial charge is 0.393 e. The quantitative estimate of drug-likeness (QED) is 0.658. The average Bonchev–Trinajstić information content (AvgIpc) is 2.66. The molecule has 0 bridgehead atoms. The number of piperidine rings is 1. The fourth-order valence-corrected chi connectivity index (χ4v) is 3.10. The Labute approximate surface area is 154 Å². The van der Waals surface area contributed by atoms with E-state index in [1.165, 1.54) is 38.7 Å². The minimum absolute atomic E-state index is 0.0179. The Bertz CT molecular complexity index is 757. The van der Waals surface area contributed by atoms with Crippen molar-refractivity contribution >= 4 is 28.8 Å². The first-order valence-electron chi connectivity index (χ1n) is 9.08. The van der Waals surface area contributed by atoms with Gasteiger partial charge in [-0.15, -0.1) is 0 Å². The van der Waals surface area contributed by atoms with Gasteiger partial charge in [0.25, 0.3) is 0 Å². The summed E-state index contributed by atoms with van der Waals surface area (Å²) in [6, 6.07) is 7.27. The molecule has 1 fully saturated rings. The van der Waals surface area contributed by atoms with Gasteiger partial charge in [0.05, 0.1) is 0 Å².